The van der Waals surface area contributed by atoms with Crippen molar-refractivity contribution in [3.63, 3.8) is 0 Å². The van der Waals surface area contributed by atoms with Crippen LogP contribution in [0.2, 0.25) is 0 Å². The molecule has 0 atom stereocenters. The smallest absolute Gasteiger partial charge is 0.243 e. The van der Waals surface area contributed by atoms with E-state index in [1.165, 1.54) is 4.31 Å². The molecule has 0 aliphatic carbocycles. The zero-order valence-corrected chi connectivity index (χ0v) is 19.0. The number of hydrogen-bond donors (Lipinski definition) is 1. The Morgan fingerprint density at radius 1 is 0.970 bits per heavy atom. The molecule has 8 heteroatoms. The molecule has 1 amide bonds. The number of carbonyl (C=O) groups is 1. The average Bonchev–Trinajstić information content (AvgIpc) is 3.21. The van der Waals surface area contributed by atoms with Crippen molar-refractivity contribution >= 4 is 43.6 Å². The molecule has 1 aromatic heterocycles. The highest BCUT2D eigenvalue weighted by molar-refractivity contribution is 7.89. The van der Waals surface area contributed by atoms with Crippen molar-refractivity contribution in [2.45, 2.75) is 17.7 Å². The first-order valence-electron chi connectivity index (χ1n) is 10.8. The van der Waals surface area contributed by atoms with Crippen molar-refractivity contribution in [3.05, 3.63) is 66.7 Å². The fourth-order valence-electron chi connectivity index (χ4n) is 4.35. The number of para-hydroxylation sites is 1. The highest BCUT2D eigenvalue weighted by Crippen LogP contribution is 2.37. The van der Waals surface area contributed by atoms with Gasteiger partial charge in [-0.15, -0.1) is 0 Å². The summed E-state index contributed by atoms with van der Waals surface area (Å²) in [6.07, 6.45) is 0.903. The molecule has 4 aromatic rings. The van der Waals surface area contributed by atoms with Gasteiger partial charge in [0.2, 0.25) is 15.9 Å². The van der Waals surface area contributed by atoms with Gasteiger partial charge in [0.1, 0.15) is 16.9 Å². The van der Waals surface area contributed by atoms with Crippen molar-refractivity contribution in [1.29, 1.82) is 0 Å². The number of amides is 1. The maximum absolute atomic E-state index is 13.0. The number of fused-ring (bicyclic) bond motifs is 3. The zero-order chi connectivity index (χ0) is 23.0. The standard InChI is InChI=1S/C25H24N2O5S/c1-31-24-15-20-19-9-5-6-10-22(19)32-23(20)16-21(24)26-25(28)17-11-13-27(14-12-17)33(29,30)18-7-3-2-4-8-18/h2-10,15-17H,11-14H2,1H3,(H,26,28). The van der Waals surface area contributed by atoms with E-state index < -0.39 is 10.0 Å². The van der Waals surface area contributed by atoms with Crippen LogP contribution in [0.5, 0.6) is 5.75 Å². The Bertz CT molecular complexity index is 1420. The van der Waals surface area contributed by atoms with Crippen LogP contribution in [0.15, 0.2) is 76.0 Å². The normalized spacial score (nSPS) is 15.7. The van der Waals surface area contributed by atoms with Gasteiger partial charge >= 0.3 is 0 Å². The minimum absolute atomic E-state index is 0.152. The molecule has 0 unspecified atom stereocenters. The quantitative estimate of drug-likeness (QED) is 0.465. The van der Waals surface area contributed by atoms with Crippen LogP contribution in [0.4, 0.5) is 5.69 Å². The minimum Gasteiger partial charge on any atom is -0.495 e. The second-order valence-electron chi connectivity index (χ2n) is 8.13. The number of hydrogen-bond acceptors (Lipinski definition) is 5. The summed E-state index contributed by atoms with van der Waals surface area (Å²) in [6.45, 7) is 0.601. The van der Waals surface area contributed by atoms with Crippen LogP contribution in [-0.4, -0.2) is 38.8 Å². The molecule has 1 aliphatic heterocycles. The third kappa shape index (κ3) is 3.96. The van der Waals surface area contributed by atoms with Crippen LogP contribution in [0.25, 0.3) is 21.9 Å². The van der Waals surface area contributed by atoms with Gasteiger partial charge in [-0.2, -0.15) is 4.31 Å². The summed E-state index contributed by atoms with van der Waals surface area (Å²) in [5.74, 6) is 0.107. The molecule has 5 rings (SSSR count). The SMILES string of the molecule is COc1cc2c(cc1NC(=O)C1CCN(S(=O)(=O)c3ccccc3)CC1)oc1ccccc12. The Morgan fingerprint density at radius 3 is 2.39 bits per heavy atom. The fraction of sp³-hybridized carbons (Fsp3) is 0.240. The van der Waals surface area contributed by atoms with E-state index in [2.05, 4.69) is 5.32 Å². The number of piperidine rings is 1. The van der Waals surface area contributed by atoms with Crippen molar-refractivity contribution in [2.75, 3.05) is 25.5 Å². The van der Waals surface area contributed by atoms with Gasteiger partial charge in [-0.1, -0.05) is 36.4 Å². The summed E-state index contributed by atoms with van der Waals surface area (Å²) in [6, 6.07) is 19.8. The molecule has 1 aliphatic rings. The molecular formula is C25H24N2O5S. The first-order chi connectivity index (χ1) is 16.0. The molecule has 0 saturated carbocycles. The van der Waals surface area contributed by atoms with Gasteiger partial charge < -0.3 is 14.5 Å². The third-order valence-corrected chi connectivity index (χ3v) is 8.08. The monoisotopic (exact) mass is 464 g/mol. The summed E-state index contributed by atoms with van der Waals surface area (Å²) < 4.78 is 38.6. The molecule has 33 heavy (non-hydrogen) atoms. The topological polar surface area (TPSA) is 88.9 Å². The number of carbonyl (C=O) groups excluding carboxylic acids is 1. The van der Waals surface area contributed by atoms with Crippen LogP contribution >= 0.6 is 0 Å². The van der Waals surface area contributed by atoms with Crippen molar-refractivity contribution in [1.82, 2.24) is 4.31 Å². The number of furan rings is 1. The number of anilines is 1. The molecule has 0 radical (unpaired) electrons. The first-order valence-corrected chi connectivity index (χ1v) is 12.3. The minimum atomic E-state index is -3.55. The number of methoxy groups -OCH3 is 1. The lowest BCUT2D eigenvalue weighted by Crippen LogP contribution is -2.41. The number of sulfonamides is 1. The lowest BCUT2D eigenvalue weighted by molar-refractivity contribution is -0.120. The summed E-state index contributed by atoms with van der Waals surface area (Å²) in [5, 5.41) is 4.86. The van der Waals surface area contributed by atoms with Crippen molar-refractivity contribution in [2.24, 2.45) is 5.92 Å². The third-order valence-electron chi connectivity index (χ3n) is 6.16. The lowest BCUT2D eigenvalue weighted by atomic mass is 9.97. The van der Waals surface area contributed by atoms with Gasteiger partial charge in [0.05, 0.1) is 17.7 Å². The van der Waals surface area contributed by atoms with Gasteiger partial charge in [0.15, 0.2) is 0 Å². The Kier molecular flexibility index (Phi) is 5.55. The number of rotatable bonds is 5. The van der Waals surface area contributed by atoms with E-state index >= 15 is 0 Å². The number of ether oxygens (including phenoxy) is 1. The molecule has 2 heterocycles. The molecule has 1 N–H and O–H groups in total. The van der Waals surface area contributed by atoms with E-state index in [0.29, 0.717) is 43.0 Å². The molecule has 170 valence electrons. The molecule has 7 nitrogen and oxygen atoms in total. The first kappa shape index (κ1) is 21.5. The van der Waals surface area contributed by atoms with E-state index in [1.807, 2.05) is 30.3 Å². The molecule has 0 bridgehead atoms. The zero-order valence-electron chi connectivity index (χ0n) is 18.2. The second-order valence-corrected chi connectivity index (χ2v) is 10.1. The predicted molar refractivity (Wildman–Crippen MR) is 127 cm³/mol. The van der Waals surface area contributed by atoms with Gasteiger partial charge in [-0.3, -0.25) is 4.79 Å². The highest BCUT2D eigenvalue weighted by Gasteiger charge is 2.32. The molecule has 1 saturated heterocycles. The fourth-order valence-corrected chi connectivity index (χ4v) is 5.84. The average molecular weight is 465 g/mol. The highest BCUT2D eigenvalue weighted by atomic mass is 32.2. The number of nitrogens with zero attached hydrogens (tertiary/aromatic N) is 1. The van der Waals surface area contributed by atoms with Crippen LogP contribution in [0.1, 0.15) is 12.8 Å². The van der Waals surface area contributed by atoms with Gasteiger partial charge in [-0.05, 0) is 37.1 Å². The van der Waals surface area contributed by atoms with Gasteiger partial charge in [-0.25, -0.2) is 8.42 Å². The summed E-state index contributed by atoms with van der Waals surface area (Å²) >= 11 is 0. The van der Waals surface area contributed by atoms with Crippen LogP contribution in [0, 0.1) is 5.92 Å². The maximum Gasteiger partial charge on any atom is 0.243 e. The van der Waals surface area contributed by atoms with Gasteiger partial charge in [0, 0.05) is 35.8 Å². The van der Waals surface area contributed by atoms with Crippen LogP contribution in [-0.2, 0) is 14.8 Å². The predicted octanol–water partition coefficient (Wildman–Crippen LogP) is 4.63. The lowest BCUT2D eigenvalue weighted by Gasteiger charge is -2.30. The Labute approximate surface area is 192 Å². The Balaban J connectivity index is 1.32. The largest absolute Gasteiger partial charge is 0.495 e. The Morgan fingerprint density at radius 2 is 1.67 bits per heavy atom. The van der Waals surface area contributed by atoms with Gasteiger partial charge in [0.25, 0.3) is 0 Å². The van der Waals surface area contributed by atoms with Crippen molar-refractivity contribution < 1.29 is 22.4 Å². The van der Waals surface area contributed by atoms with Crippen LogP contribution < -0.4 is 10.1 Å². The van der Waals surface area contributed by atoms with E-state index in [4.69, 9.17) is 9.15 Å². The van der Waals surface area contributed by atoms with Crippen molar-refractivity contribution in [3.8, 4) is 5.75 Å². The van der Waals surface area contributed by atoms with E-state index in [0.717, 1.165) is 16.4 Å². The number of nitrogens with one attached hydrogen (secondary N) is 1. The van der Waals surface area contributed by atoms with E-state index in [1.54, 1.807) is 43.5 Å². The van der Waals surface area contributed by atoms with Crippen LogP contribution in [0.3, 0.4) is 0 Å². The second kappa shape index (κ2) is 8.53. The maximum atomic E-state index is 13.0. The van der Waals surface area contributed by atoms with E-state index in [-0.39, 0.29) is 16.7 Å². The number of benzene rings is 3. The molecule has 3 aromatic carbocycles. The Hall–Kier alpha value is -3.36. The molecule has 1 fully saturated rings. The molecular weight excluding hydrogens is 440 g/mol. The summed E-state index contributed by atoms with van der Waals surface area (Å²) in [5.41, 5.74) is 1.97. The molecule has 0 spiro atoms. The summed E-state index contributed by atoms with van der Waals surface area (Å²) in [7, 11) is -1.99. The van der Waals surface area contributed by atoms with E-state index in [9.17, 15) is 13.2 Å². The summed E-state index contributed by atoms with van der Waals surface area (Å²) in [4.78, 5) is 13.3.